The number of rotatable bonds is 4. The summed E-state index contributed by atoms with van der Waals surface area (Å²) in [7, 11) is 23.5. The van der Waals surface area contributed by atoms with Crippen LogP contribution in [0.25, 0.3) is 0 Å². The molecular weight excluding hydrogens is 265 g/mol. The Morgan fingerprint density at radius 1 is 1.33 bits per heavy atom. The van der Waals surface area contributed by atoms with Crippen molar-refractivity contribution in [2.45, 2.75) is 24.1 Å². The van der Waals surface area contributed by atoms with Crippen molar-refractivity contribution in [1.82, 2.24) is 4.90 Å². The molecule has 0 amide bonds. The van der Waals surface area contributed by atoms with E-state index in [1.165, 1.54) is 30.1 Å². The lowest BCUT2D eigenvalue weighted by Gasteiger charge is -2.37. The lowest BCUT2D eigenvalue weighted by Crippen LogP contribution is -2.54. The molecule has 0 bridgehead atoms. The average molecular weight is 276 g/mol. The lowest BCUT2D eigenvalue weighted by atomic mass is 9.48. The zero-order valence-corrected chi connectivity index (χ0v) is 11.7. The number of hydrogen-bond acceptors (Lipinski definition) is 5. The molecule has 5 nitrogen and oxygen atoms in total. The van der Waals surface area contributed by atoms with E-state index in [2.05, 4.69) is 0 Å². The van der Waals surface area contributed by atoms with Gasteiger partial charge in [-0.1, -0.05) is 5.24 Å². The summed E-state index contributed by atoms with van der Waals surface area (Å²) in [5.41, 5.74) is 0.318. The van der Waals surface area contributed by atoms with Crippen molar-refractivity contribution in [2.75, 3.05) is 7.05 Å². The molecule has 8 radical (unpaired) electrons. The number of hydrogen-bond donors (Lipinski definition) is 1. The molecule has 2 atom stereocenters. The Morgan fingerprint density at radius 3 is 2.48 bits per heavy atom. The van der Waals surface area contributed by atoms with Crippen LogP contribution in [0, 0.1) is 0 Å². The maximum atomic E-state index is 12.4. The summed E-state index contributed by atoms with van der Waals surface area (Å²) in [6, 6.07) is 3.74. The van der Waals surface area contributed by atoms with Crippen LogP contribution in [-0.2, 0) is 0 Å². The van der Waals surface area contributed by atoms with Gasteiger partial charge in [-0.3, -0.25) is 4.79 Å². The first-order chi connectivity index (χ1) is 9.51. The number of carbonyl (C=O) groups excluding carboxylic acids is 1. The van der Waals surface area contributed by atoms with Crippen molar-refractivity contribution in [2.24, 2.45) is 0 Å². The van der Waals surface area contributed by atoms with Crippen molar-refractivity contribution in [1.29, 1.82) is 0 Å². The van der Waals surface area contributed by atoms with Crippen LogP contribution in [0.3, 0.4) is 0 Å². The van der Waals surface area contributed by atoms with Crippen LogP contribution in [0.2, 0.25) is 0 Å². The van der Waals surface area contributed by atoms with E-state index >= 15 is 0 Å². The molecule has 0 saturated carbocycles. The van der Waals surface area contributed by atoms with E-state index in [4.69, 9.17) is 40.9 Å². The number of carbonyl (C=O) groups is 1. The van der Waals surface area contributed by atoms with E-state index in [1.54, 1.807) is 6.92 Å². The number of Topliss-reactive ketones (excluding diaryl/α,β-unsaturated/α-hetero) is 1. The van der Waals surface area contributed by atoms with Crippen LogP contribution in [0.4, 0.5) is 0 Å². The van der Waals surface area contributed by atoms with Gasteiger partial charge in [-0.25, -0.2) is 0 Å². The molecule has 21 heavy (non-hydrogen) atoms. The fraction of sp³-hybridized carbons (Fsp3) is 0.417. The quantitative estimate of drug-likeness (QED) is 0.556. The second-order valence-corrected chi connectivity index (χ2v) is 5.03. The van der Waals surface area contributed by atoms with Gasteiger partial charge in [0.15, 0.2) is 17.3 Å². The van der Waals surface area contributed by atoms with Gasteiger partial charge in [0, 0.05) is 5.56 Å². The van der Waals surface area contributed by atoms with Gasteiger partial charge in [-0.15, -0.1) is 0 Å². The summed E-state index contributed by atoms with van der Waals surface area (Å²) >= 11 is 0. The third-order valence-electron chi connectivity index (χ3n) is 3.31. The van der Waals surface area contributed by atoms with E-state index < -0.39 is 17.2 Å². The Balaban J connectivity index is 2.23. The van der Waals surface area contributed by atoms with Gasteiger partial charge in [0.1, 0.15) is 0 Å². The Morgan fingerprint density at radius 2 is 1.90 bits per heavy atom. The summed E-state index contributed by atoms with van der Waals surface area (Å²) in [5, 5.41) is 7.82. The Hall–Kier alpha value is -1.33. The van der Waals surface area contributed by atoms with E-state index in [0.717, 1.165) is 0 Å². The molecule has 100 valence electrons. The van der Waals surface area contributed by atoms with Crippen LogP contribution in [0.1, 0.15) is 17.3 Å². The number of fused-ring (bicyclic) bond motifs is 1. The summed E-state index contributed by atoms with van der Waals surface area (Å²) < 4.78 is 9.88. The highest BCUT2D eigenvalue weighted by molar-refractivity contribution is 6.59. The van der Waals surface area contributed by atoms with Crippen LogP contribution >= 0.6 is 0 Å². The minimum absolute atomic E-state index is 0.167. The number of ether oxygens (including phenoxy) is 2. The highest BCUT2D eigenvalue weighted by Gasteiger charge is 2.34. The second-order valence-electron chi connectivity index (χ2n) is 5.03. The number of ketones is 1. The van der Waals surface area contributed by atoms with Gasteiger partial charge in [0.25, 0.3) is 0 Å². The average Bonchev–Trinajstić information content (AvgIpc) is 2.67. The highest BCUT2D eigenvalue weighted by atomic mass is 16.8. The first kappa shape index (κ1) is 16.0. The van der Waals surface area contributed by atoms with Crippen molar-refractivity contribution >= 4 is 37.2 Å². The lowest BCUT2D eigenvalue weighted by molar-refractivity contribution is -0.178. The molecule has 0 saturated heterocycles. The van der Waals surface area contributed by atoms with Crippen LogP contribution in [-0.4, -0.2) is 71.4 Å². The fourth-order valence-electron chi connectivity index (χ4n) is 1.91. The van der Waals surface area contributed by atoms with Gasteiger partial charge in [-0.2, -0.15) is 0 Å². The fourth-order valence-corrected chi connectivity index (χ4v) is 1.91. The van der Waals surface area contributed by atoms with E-state index in [0.29, 0.717) is 5.56 Å². The number of likely N-dealkylation sites (N-methyl/N-ethyl adjacent to an activating group) is 1. The van der Waals surface area contributed by atoms with E-state index in [1.807, 2.05) is 0 Å². The molecule has 1 aromatic rings. The molecule has 1 N–H and O–H groups in total. The third kappa shape index (κ3) is 3.30. The highest BCUT2D eigenvalue weighted by Crippen LogP contribution is 2.38. The molecule has 1 aliphatic heterocycles. The van der Waals surface area contributed by atoms with Crippen molar-refractivity contribution in [3.63, 3.8) is 0 Å². The first-order valence-corrected chi connectivity index (χ1v) is 6.18. The predicted octanol–water partition coefficient (Wildman–Crippen LogP) is -1.15. The number of benzene rings is 1. The maximum absolute atomic E-state index is 12.4. The molecule has 1 heterocycles. The second kappa shape index (κ2) is 5.14. The van der Waals surface area contributed by atoms with Gasteiger partial charge < -0.3 is 19.5 Å². The Kier molecular flexibility index (Phi) is 3.93. The van der Waals surface area contributed by atoms with Gasteiger partial charge in [0.05, 0.1) is 29.6 Å². The Labute approximate surface area is 128 Å². The number of nitrogens with zero attached hydrogens (tertiary/aromatic N) is 1. The molecule has 0 aliphatic carbocycles. The van der Waals surface area contributed by atoms with Crippen LogP contribution in [0.5, 0.6) is 11.5 Å². The van der Waals surface area contributed by atoms with Crippen molar-refractivity contribution in [3.8, 4) is 11.5 Å². The van der Waals surface area contributed by atoms with E-state index in [-0.39, 0.29) is 17.3 Å². The molecule has 2 rings (SSSR count). The summed E-state index contributed by atoms with van der Waals surface area (Å²) in [6.07, 6.45) is 0. The number of aliphatic hydroxyl groups is 1. The molecule has 9 heteroatoms. The third-order valence-corrected chi connectivity index (χ3v) is 3.31. The molecule has 1 aromatic carbocycles. The van der Waals surface area contributed by atoms with Gasteiger partial charge >= 0.3 is 5.87 Å². The van der Waals surface area contributed by atoms with Gasteiger partial charge in [-0.05, 0) is 32.2 Å². The zero-order chi connectivity index (χ0) is 16.0. The van der Waals surface area contributed by atoms with Crippen LogP contribution in [0.15, 0.2) is 18.2 Å². The summed E-state index contributed by atoms with van der Waals surface area (Å²) in [6.45, 7) is 1.62. The molecular formula is C12H11B4NO4. The smallest absolute Gasteiger partial charge is 0.302 e. The minimum Gasteiger partial charge on any atom is -0.435 e. The van der Waals surface area contributed by atoms with Crippen molar-refractivity contribution in [3.05, 3.63) is 23.8 Å². The monoisotopic (exact) mass is 277 g/mol. The molecule has 0 aromatic heterocycles. The standard InChI is InChI=1S/C12H11B4NO4/c1-6(17(2)11(13,14)15)10(18)7-3-4-8-9(5-7)21-12(16,19)20-8/h3-6,19H,1-2H3. The first-order valence-electron chi connectivity index (χ1n) is 6.18. The topological polar surface area (TPSA) is 59.0 Å². The maximum Gasteiger partial charge on any atom is 0.302 e. The normalized spacial score (nSPS) is 22.3. The molecule has 0 spiro atoms. The van der Waals surface area contributed by atoms with Gasteiger partial charge in [0.2, 0.25) is 7.85 Å². The largest absolute Gasteiger partial charge is 0.435 e. The molecule has 0 fully saturated rings. The molecule has 1 aliphatic rings. The van der Waals surface area contributed by atoms with Crippen LogP contribution < -0.4 is 9.47 Å². The summed E-state index contributed by atoms with van der Waals surface area (Å²) in [5.74, 6) is -2.10. The predicted molar refractivity (Wildman–Crippen MR) is 80.0 cm³/mol. The van der Waals surface area contributed by atoms with Crippen molar-refractivity contribution < 1.29 is 19.4 Å². The minimum atomic E-state index is -2.23. The SMILES string of the molecule is [B]C1(O)Oc2ccc(C(=O)C(C)N(C)C([B])([B])[B])cc2O1. The summed E-state index contributed by atoms with van der Waals surface area (Å²) in [4.78, 5) is 13.7. The Bertz CT molecular complexity index is 573. The van der Waals surface area contributed by atoms with E-state index in [9.17, 15) is 9.90 Å². The zero-order valence-electron chi connectivity index (χ0n) is 11.7. The molecule has 2 unspecified atom stereocenters.